The molecule has 0 unspecified atom stereocenters. The molecule has 0 bridgehead atoms. The predicted molar refractivity (Wildman–Crippen MR) is 74.2 cm³/mol. The molecule has 102 valence electrons. The van der Waals surface area contributed by atoms with Crippen molar-refractivity contribution in [3.8, 4) is 22.6 Å². The summed E-state index contributed by atoms with van der Waals surface area (Å²) in [4.78, 5) is 0. The highest BCUT2D eigenvalue weighted by Crippen LogP contribution is 2.38. The molecule has 0 radical (unpaired) electrons. The Hall–Kier alpha value is -1.57. The lowest BCUT2D eigenvalue weighted by atomic mass is 10.1. The lowest BCUT2D eigenvalue weighted by molar-refractivity contribution is 0.404. The van der Waals surface area contributed by atoms with E-state index in [4.69, 9.17) is 14.6 Å². The van der Waals surface area contributed by atoms with Crippen molar-refractivity contribution < 1.29 is 17.9 Å². The summed E-state index contributed by atoms with van der Waals surface area (Å²) < 4.78 is 33.6. The number of nitrogens with two attached hydrogens (primary N) is 1. The highest BCUT2D eigenvalue weighted by Gasteiger charge is 2.20. The first-order valence-corrected chi connectivity index (χ1v) is 7.72. The second-order valence-corrected chi connectivity index (χ2v) is 6.41. The largest absolute Gasteiger partial charge is 0.497 e. The third kappa shape index (κ3) is 2.73. The van der Waals surface area contributed by atoms with Gasteiger partial charge in [0.1, 0.15) is 15.7 Å². The quantitative estimate of drug-likeness (QED) is 0.937. The van der Waals surface area contributed by atoms with Gasteiger partial charge in [-0.05, 0) is 29.6 Å². The van der Waals surface area contributed by atoms with Gasteiger partial charge >= 0.3 is 0 Å². The van der Waals surface area contributed by atoms with Crippen molar-refractivity contribution in [1.29, 1.82) is 0 Å². The predicted octanol–water partition coefficient (Wildman–Crippen LogP) is 2.08. The minimum Gasteiger partial charge on any atom is -0.497 e. The Bertz CT molecular complexity index is 692. The van der Waals surface area contributed by atoms with E-state index < -0.39 is 10.0 Å². The molecule has 1 heterocycles. The molecule has 7 heteroatoms. The minimum atomic E-state index is -3.76. The zero-order valence-electron chi connectivity index (χ0n) is 10.4. The number of methoxy groups -OCH3 is 2. The Labute approximate surface area is 115 Å². The van der Waals surface area contributed by atoms with Gasteiger partial charge < -0.3 is 9.47 Å². The number of ether oxygens (including phenoxy) is 2. The first kappa shape index (κ1) is 13.9. The van der Waals surface area contributed by atoms with Crippen LogP contribution in [0.25, 0.3) is 11.1 Å². The molecular formula is C12H13NO4S2. The summed E-state index contributed by atoms with van der Waals surface area (Å²) in [6.07, 6.45) is 0. The molecule has 0 amide bonds. The molecule has 1 aromatic heterocycles. The summed E-state index contributed by atoms with van der Waals surface area (Å²) in [5, 5.41) is 6.89. The highest BCUT2D eigenvalue weighted by atomic mass is 32.2. The van der Waals surface area contributed by atoms with Gasteiger partial charge in [0.25, 0.3) is 0 Å². The van der Waals surface area contributed by atoms with E-state index in [0.717, 1.165) is 11.3 Å². The summed E-state index contributed by atoms with van der Waals surface area (Å²) in [7, 11) is -0.697. The normalized spacial score (nSPS) is 11.3. The number of sulfonamides is 1. The van der Waals surface area contributed by atoms with Crippen molar-refractivity contribution in [3.05, 3.63) is 29.6 Å². The van der Waals surface area contributed by atoms with Gasteiger partial charge in [-0.2, -0.15) is 0 Å². The maximum absolute atomic E-state index is 11.6. The van der Waals surface area contributed by atoms with Crippen LogP contribution in [0.3, 0.4) is 0 Å². The van der Waals surface area contributed by atoms with E-state index in [1.54, 1.807) is 36.8 Å². The van der Waals surface area contributed by atoms with Crippen LogP contribution in [-0.2, 0) is 10.0 Å². The smallest absolute Gasteiger partial charge is 0.248 e. The zero-order chi connectivity index (χ0) is 14.0. The zero-order valence-corrected chi connectivity index (χ0v) is 12.0. The van der Waals surface area contributed by atoms with Gasteiger partial charge in [-0.25, -0.2) is 13.6 Å². The molecule has 2 aromatic rings. The SMILES string of the molecule is COc1ccc(OC)c(-c2ccsc2S(N)(=O)=O)c1. The van der Waals surface area contributed by atoms with Gasteiger partial charge in [-0.1, -0.05) is 0 Å². The molecule has 0 saturated carbocycles. The third-order valence-corrected chi connectivity index (χ3v) is 5.01. The van der Waals surface area contributed by atoms with E-state index in [1.165, 1.54) is 7.11 Å². The monoisotopic (exact) mass is 299 g/mol. The van der Waals surface area contributed by atoms with E-state index in [0.29, 0.717) is 22.6 Å². The van der Waals surface area contributed by atoms with E-state index >= 15 is 0 Å². The van der Waals surface area contributed by atoms with Crippen LogP contribution in [0.15, 0.2) is 33.9 Å². The Morgan fingerprint density at radius 1 is 1.11 bits per heavy atom. The molecule has 0 spiro atoms. The van der Waals surface area contributed by atoms with E-state index in [1.807, 2.05) is 0 Å². The van der Waals surface area contributed by atoms with Crippen LogP contribution >= 0.6 is 11.3 Å². The molecule has 1 aromatic carbocycles. The van der Waals surface area contributed by atoms with Crippen LogP contribution in [0.1, 0.15) is 0 Å². The van der Waals surface area contributed by atoms with Crippen molar-refractivity contribution in [3.63, 3.8) is 0 Å². The minimum absolute atomic E-state index is 0.110. The molecular weight excluding hydrogens is 286 g/mol. The summed E-state index contributed by atoms with van der Waals surface area (Å²) in [6, 6.07) is 6.88. The van der Waals surface area contributed by atoms with Gasteiger partial charge in [0.2, 0.25) is 10.0 Å². The lowest BCUT2D eigenvalue weighted by Gasteiger charge is -2.10. The summed E-state index contributed by atoms with van der Waals surface area (Å²) in [6.45, 7) is 0. The maximum atomic E-state index is 11.6. The number of rotatable bonds is 4. The van der Waals surface area contributed by atoms with Crippen LogP contribution in [0.4, 0.5) is 0 Å². The van der Waals surface area contributed by atoms with Crippen LogP contribution in [0, 0.1) is 0 Å². The van der Waals surface area contributed by atoms with Crippen molar-refractivity contribution in [2.24, 2.45) is 5.14 Å². The van der Waals surface area contributed by atoms with Crippen LogP contribution in [-0.4, -0.2) is 22.6 Å². The van der Waals surface area contributed by atoms with E-state index in [2.05, 4.69) is 0 Å². The van der Waals surface area contributed by atoms with Crippen LogP contribution in [0.5, 0.6) is 11.5 Å². The Morgan fingerprint density at radius 3 is 2.42 bits per heavy atom. The second-order valence-electron chi connectivity index (χ2n) is 3.73. The van der Waals surface area contributed by atoms with Gasteiger partial charge in [-0.3, -0.25) is 0 Å². The fourth-order valence-corrected chi connectivity index (χ4v) is 3.56. The maximum Gasteiger partial charge on any atom is 0.248 e. The molecule has 2 N–H and O–H groups in total. The standard InChI is InChI=1S/C12H13NO4S2/c1-16-8-3-4-11(17-2)10(7-8)9-5-6-18-12(9)19(13,14)15/h3-7H,1-2H3,(H2,13,14,15). The molecule has 19 heavy (non-hydrogen) atoms. The molecule has 0 fully saturated rings. The molecule has 5 nitrogen and oxygen atoms in total. The lowest BCUT2D eigenvalue weighted by Crippen LogP contribution is -2.11. The number of hydrogen-bond donors (Lipinski definition) is 1. The van der Waals surface area contributed by atoms with Gasteiger partial charge in [0.15, 0.2) is 0 Å². The van der Waals surface area contributed by atoms with Crippen molar-refractivity contribution in [2.45, 2.75) is 4.21 Å². The Morgan fingerprint density at radius 2 is 1.84 bits per heavy atom. The third-order valence-electron chi connectivity index (χ3n) is 2.58. The molecule has 0 atom stereocenters. The van der Waals surface area contributed by atoms with Crippen molar-refractivity contribution in [2.75, 3.05) is 14.2 Å². The summed E-state index contributed by atoms with van der Waals surface area (Å²) >= 11 is 1.07. The number of thiophene rings is 1. The fraction of sp³-hybridized carbons (Fsp3) is 0.167. The Balaban J connectivity index is 2.68. The highest BCUT2D eigenvalue weighted by molar-refractivity contribution is 7.91. The number of benzene rings is 1. The van der Waals surface area contributed by atoms with E-state index in [-0.39, 0.29) is 4.21 Å². The first-order valence-electron chi connectivity index (χ1n) is 5.30. The molecule has 0 aliphatic carbocycles. The number of hydrogen-bond acceptors (Lipinski definition) is 5. The molecule has 2 rings (SSSR count). The average Bonchev–Trinajstić information content (AvgIpc) is 2.87. The molecule has 0 aliphatic rings. The summed E-state index contributed by atoms with van der Waals surface area (Å²) in [5.74, 6) is 1.17. The molecule has 0 aliphatic heterocycles. The van der Waals surface area contributed by atoms with Gasteiger partial charge in [0.05, 0.1) is 14.2 Å². The summed E-state index contributed by atoms with van der Waals surface area (Å²) in [5.41, 5.74) is 1.15. The van der Waals surface area contributed by atoms with Gasteiger partial charge in [-0.15, -0.1) is 11.3 Å². The van der Waals surface area contributed by atoms with Gasteiger partial charge in [0, 0.05) is 11.1 Å². The van der Waals surface area contributed by atoms with E-state index in [9.17, 15) is 8.42 Å². The topological polar surface area (TPSA) is 78.6 Å². The fourth-order valence-electron chi connectivity index (χ4n) is 1.74. The average molecular weight is 299 g/mol. The first-order chi connectivity index (χ1) is 8.97. The van der Waals surface area contributed by atoms with Crippen LogP contribution < -0.4 is 14.6 Å². The van der Waals surface area contributed by atoms with Crippen molar-refractivity contribution in [1.82, 2.24) is 0 Å². The second kappa shape index (κ2) is 5.20. The Kier molecular flexibility index (Phi) is 3.79. The molecule has 0 saturated heterocycles. The van der Waals surface area contributed by atoms with Crippen molar-refractivity contribution >= 4 is 21.4 Å². The van der Waals surface area contributed by atoms with Crippen LogP contribution in [0.2, 0.25) is 0 Å². The number of primary sulfonamides is 1.